The van der Waals surface area contributed by atoms with Crippen LogP contribution >= 0.6 is 0 Å². The molecule has 0 saturated carbocycles. The Balaban J connectivity index is -0.000000114. The van der Waals surface area contributed by atoms with Crippen LogP contribution in [0.4, 0.5) is 0 Å². The molecule has 0 rings (SSSR count). The molecule has 8 heteroatoms. The molecule has 0 aliphatic heterocycles. The molecule has 0 radical (unpaired) electrons. The molecule has 0 saturated heterocycles. The van der Waals surface area contributed by atoms with Crippen LogP contribution in [0.25, 0.3) is 0 Å². The Kier molecular flexibility index (Phi) is 17.7. The van der Waals surface area contributed by atoms with Crippen molar-refractivity contribution in [2.75, 3.05) is 13.2 Å². The summed E-state index contributed by atoms with van der Waals surface area (Å²) in [5.41, 5.74) is 0. The normalized spacial score (nSPS) is 7.64. The molecule has 0 aromatic rings. The van der Waals surface area contributed by atoms with Gasteiger partial charge in [-0.3, -0.25) is 0 Å². The third-order valence-electron chi connectivity index (χ3n) is 0.421. The summed E-state index contributed by atoms with van der Waals surface area (Å²) in [6.45, 7) is -0.729. The Morgan fingerprint density at radius 1 is 1.27 bits per heavy atom. The minimum absolute atomic E-state index is 0. The van der Waals surface area contributed by atoms with Gasteiger partial charge in [-0.15, -0.1) is 0 Å². The van der Waals surface area contributed by atoms with Crippen molar-refractivity contribution in [3.8, 4) is 0 Å². The first-order valence-corrected chi connectivity index (χ1v) is 2.25. The van der Waals surface area contributed by atoms with E-state index in [4.69, 9.17) is 30.6 Å². The summed E-state index contributed by atoms with van der Waals surface area (Å²) in [4.78, 5) is 8.25. The molecule has 0 aliphatic carbocycles. The first kappa shape index (κ1) is 16.6. The average molecular weight is 172 g/mol. The molecule has 0 aromatic carbocycles. The van der Waals surface area contributed by atoms with E-state index in [0.29, 0.717) is 0 Å². The Hall–Kier alpha value is -0.960. The third-order valence-corrected chi connectivity index (χ3v) is 0.421. The molecule has 0 fully saturated rings. The predicted octanol–water partition coefficient (Wildman–Crippen LogP) is -1.53. The second-order valence-electron chi connectivity index (χ2n) is 1.24. The van der Waals surface area contributed by atoms with Gasteiger partial charge < -0.3 is 36.8 Å². The minimum Gasteiger partial charge on any atom is -0.394 e. The molecule has 11 heavy (non-hydrogen) atoms. The highest BCUT2D eigenvalue weighted by Crippen LogP contribution is 1.71. The van der Waals surface area contributed by atoms with E-state index >= 15 is 0 Å². The summed E-state index contributed by atoms with van der Waals surface area (Å²) in [5, 5.41) is 38.8. The van der Waals surface area contributed by atoms with Crippen molar-refractivity contribution in [1.29, 1.82) is 0 Å². The van der Waals surface area contributed by atoms with Crippen molar-refractivity contribution in [1.82, 2.24) is 6.15 Å². The summed E-state index contributed by atoms with van der Waals surface area (Å²) in [5.74, 6) is 0. The number of hydrogen-bond acceptors (Lipinski definition) is 6. The standard InChI is InChI=1S/C3H8O3.NO3.H3N/c4-1-3(6)2-5;2-1(3)4;/h3-6H,1-2H2;;1H3/q;-1;/p+1. The summed E-state index contributed by atoms with van der Waals surface area (Å²) >= 11 is 0. The molecule has 70 valence electrons. The van der Waals surface area contributed by atoms with Gasteiger partial charge in [0.05, 0.1) is 18.3 Å². The molecule has 0 aromatic heterocycles. The smallest absolute Gasteiger partial charge is 0.100 e. The second-order valence-corrected chi connectivity index (χ2v) is 1.24. The minimum atomic E-state index is -1.75. The molecule has 0 atom stereocenters. The number of rotatable bonds is 2. The monoisotopic (exact) mass is 172 g/mol. The number of aliphatic hydroxyl groups is 3. The van der Waals surface area contributed by atoms with Crippen LogP contribution < -0.4 is 6.15 Å². The van der Waals surface area contributed by atoms with E-state index in [-0.39, 0.29) is 19.4 Å². The van der Waals surface area contributed by atoms with Crippen molar-refractivity contribution < 1.29 is 20.4 Å². The average Bonchev–Trinajstić information content (AvgIpc) is 1.85. The molecule has 0 unspecified atom stereocenters. The largest absolute Gasteiger partial charge is 0.394 e. The maximum Gasteiger partial charge on any atom is 0.100 e. The Labute approximate surface area is 62.4 Å². The van der Waals surface area contributed by atoms with Gasteiger partial charge in [0, 0.05) is 0 Å². The summed E-state index contributed by atoms with van der Waals surface area (Å²) in [6, 6.07) is 0. The van der Waals surface area contributed by atoms with Crippen LogP contribution in [0.3, 0.4) is 0 Å². The van der Waals surface area contributed by atoms with Crippen molar-refractivity contribution >= 4 is 0 Å². The lowest BCUT2D eigenvalue weighted by molar-refractivity contribution is -0.402. The highest BCUT2D eigenvalue weighted by atomic mass is 16.9. The van der Waals surface area contributed by atoms with E-state index in [1.54, 1.807) is 0 Å². The van der Waals surface area contributed by atoms with Gasteiger partial charge in [0.25, 0.3) is 0 Å². The highest BCUT2D eigenvalue weighted by Gasteiger charge is 1.93. The molecule has 0 spiro atoms. The van der Waals surface area contributed by atoms with Crippen molar-refractivity contribution in [2.24, 2.45) is 0 Å². The lowest BCUT2D eigenvalue weighted by atomic mass is 10.4. The van der Waals surface area contributed by atoms with Crippen molar-refractivity contribution in [2.45, 2.75) is 6.10 Å². The van der Waals surface area contributed by atoms with Gasteiger partial charge in [-0.05, 0) is 0 Å². The first-order valence-electron chi connectivity index (χ1n) is 2.25. The van der Waals surface area contributed by atoms with E-state index in [0.717, 1.165) is 0 Å². The van der Waals surface area contributed by atoms with Gasteiger partial charge >= 0.3 is 0 Å². The van der Waals surface area contributed by atoms with Gasteiger partial charge in [0.2, 0.25) is 0 Å². The van der Waals surface area contributed by atoms with Gasteiger partial charge in [-0.1, -0.05) is 0 Å². The number of quaternary nitrogens is 1. The van der Waals surface area contributed by atoms with Crippen LogP contribution in [0.1, 0.15) is 0 Å². The molecule has 0 bridgehead atoms. The number of aliphatic hydroxyl groups excluding tert-OH is 3. The summed E-state index contributed by atoms with van der Waals surface area (Å²) < 4.78 is 0. The zero-order chi connectivity index (χ0) is 8.57. The fourth-order valence-electron chi connectivity index (χ4n) is 0.0577. The lowest BCUT2D eigenvalue weighted by Gasteiger charge is -1.96. The molecular weight excluding hydrogens is 160 g/mol. The fraction of sp³-hybridized carbons (Fsp3) is 1.00. The molecule has 0 amide bonds. The molecule has 0 heterocycles. The predicted molar refractivity (Wildman–Crippen MR) is 36.5 cm³/mol. The van der Waals surface area contributed by atoms with E-state index in [2.05, 4.69) is 0 Å². The Bertz CT molecular complexity index is 79.9. The highest BCUT2D eigenvalue weighted by molar-refractivity contribution is 4.43. The lowest BCUT2D eigenvalue weighted by Crippen LogP contribution is -2.15. The van der Waals surface area contributed by atoms with Crippen LogP contribution in [0, 0.1) is 15.3 Å². The topological polar surface area (TPSA) is 163 Å². The van der Waals surface area contributed by atoms with Crippen LogP contribution in [0.5, 0.6) is 0 Å². The maximum absolute atomic E-state index is 8.25. The van der Waals surface area contributed by atoms with E-state index in [1.807, 2.05) is 0 Å². The van der Waals surface area contributed by atoms with Crippen LogP contribution in [0.2, 0.25) is 0 Å². The van der Waals surface area contributed by atoms with Crippen molar-refractivity contribution in [3.05, 3.63) is 15.3 Å². The van der Waals surface area contributed by atoms with Crippen LogP contribution in [-0.2, 0) is 0 Å². The van der Waals surface area contributed by atoms with E-state index in [9.17, 15) is 0 Å². The first-order chi connectivity index (χ1) is 4.54. The summed E-state index contributed by atoms with van der Waals surface area (Å²) in [6.07, 6.45) is -0.954. The number of nitrogens with zero attached hydrogens (tertiary/aromatic N) is 1. The molecule has 8 nitrogen and oxygen atoms in total. The van der Waals surface area contributed by atoms with Crippen LogP contribution in [0.15, 0.2) is 0 Å². The van der Waals surface area contributed by atoms with Gasteiger partial charge in [0.1, 0.15) is 6.10 Å². The van der Waals surface area contributed by atoms with Crippen molar-refractivity contribution in [3.63, 3.8) is 0 Å². The number of hydrogen-bond donors (Lipinski definition) is 4. The zero-order valence-electron chi connectivity index (χ0n) is 6.01. The quantitative estimate of drug-likeness (QED) is 0.291. The molecular formula is C3H12N2O6. The van der Waals surface area contributed by atoms with E-state index < -0.39 is 11.2 Å². The zero-order valence-corrected chi connectivity index (χ0v) is 6.01. The molecule has 7 N–H and O–H groups in total. The van der Waals surface area contributed by atoms with Gasteiger partial charge in [-0.25, -0.2) is 0 Å². The SMILES string of the molecule is O=[N+]([O-])[O-].OCC(O)CO.[NH4+]. The van der Waals surface area contributed by atoms with Gasteiger partial charge in [0.15, 0.2) is 0 Å². The maximum atomic E-state index is 8.25. The van der Waals surface area contributed by atoms with Gasteiger partial charge in [-0.2, -0.15) is 0 Å². The Morgan fingerprint density at radius 2 is 1.45 bits per heavy atom. The van der Waals surface area contributed by atoms with E-state index in [1.165, 1.54) is 0 Å². The Morgan fingerprint density at radius 3 is 1.45 bits per heavy atom. The van der Waals surface area contributed by atoms with Crippen LogP contribution in [-0.4, -0.2) is 39.7 Å². The second kappa shape index (κ2) is 11.8. The molecule has 0 aliphatic rings. The fourth-order valence-corrected chi connectivity index (χ4v) is 0.0577. The summed E-state index contributed by atoms with van der Waals surface area (Å²) in [7, 11) is 0. The third kappa shape index (κ3) is 48.5.